The number of hydrogen-bond donors (Lipinski definition) is 0. The zero-order valence-electron chi connectivity index (χ0n) is 10.2. The molecule has 94 valence electrons. The van der Waals surface area contributed by atoms with E-state index in [0.29, 0.717) is 10.9 Å². The van der Waals surface area contributed by atoms with Gasteiger partial charge < -0.3 is 4.42 Å². The van der Waals surface area contributed by atoms with Crippen molar-refractivity contribution in [2.45, 2.75) is 6.92 Å². The van der Waals surface area contributed by atoms with Gasteiger partial charge in [-0.2, -0.15) is 0 Å². The maximum absolute atomic E-state index is 13.5. The summed E-state index contributed by atoms with van der Waals surface area (Å²) in [6.45, 7) is 1.80. The van der Waals surface area contributed by atoms with Crippen LogP contribution in [0.5, 0.6) is 0 Å². The minimum atomic E-state index is -0.469. The van der Waals surface area contributed by atoms with Crippen LogP contribution in [0, 0.1) is 12.7 Å². The fourth-order valence-corrected chi connectivity index (χ4v) is 2.00. The number of rotatable bonds is 2. The molecule has 3 nitrogen and oxygen atoms in total. The van der Waals surface area contributed by atoms with Gasteiger partial charge in [-0.15, -0.1) is 0 Å². The third-order valence-corrected chi connectivity index (χ3v) is 2.98. The van der Waals surface area contributed by atoms with Crippen LogP contribution in [0.2, 0.25) is 0 Å². The van der Waals surface area contributed by atoms with Crippen molar-refractivity contribution in [3.63, 3.8) is 0 Å². The second kappa shape index (κ2) is 4.31. The molecule has 0 aliphatic rings. The Morgan fingerprint density at radius 1 is 1.32 bits per heavy atom. The Labute approximate surface area is 108 Å². The summed E-state index contributed by atoms with van der Waals surface area (Å²) in [7, 11) is 0. The van der Waals surface area contributed by atoms with Crippen molar-refractivity contribution in [3.8, 4) is 0 Å². The molecule has 0 fully saturated rings. The molecule has 1 aromatic carbocycles. The van der Waals surface area contributed by atoms with Crippen LogP contribution in [0.1, 0.15) is 21.7 Å². The maximum atomic E-state index is 13.5. The summed E-state index contributed by atoms with van der Waals surface area (Å²) in [4.78, 5) is 16.2. The molecule has 0 bridgehead atoms. The van der Waals surface area contributed by atoms with E-state index in [0.717, 1.165) is 5.56 Å². The highest BCUT2D eigenvalue weighted by Crippen LogP contribution is 2.24. The summed E-state index contributed by atoms with van der Waals surface area (Å²) in [6.07, 6.45) is 3.15. The van der Waals surface area contributed by atoms with Crippen LogP contribution in [0.3, 0.4) is 0 Å². The van der Waals surface area contributed by atoms with Crippen LogP contribution in [0.4, 0.5) is 4.39 Å². The van der Waals surface area contributed by atoms with Gasteiger partial charge in [0.25, 0.3) is 0 Å². The van der Waals surface area contributed by atoms with Crippen molar-refractivity contribution < 1.29 is 13.6 Å². The molecule has 0 aliphatic carbocycles. The Morgan fingerprint density at radius 3 is 2.89 bits per heavy atom. The zero-order chi connectivity index (χ0) is 13.4. The molecular formula is C15H10FNO2. The molecule has 4 heteroatoms. The van der Waals surface area contributed by atoms with Crippen molar-refractivity contribution in [2.24, 2.45) is 0 Å². The third kappa shape index (κ3) is 1.91. The van der Waals surface area contributed by atoms with Crippen LogP contribution in [0.25, 0.3) is 11.0 Å². The fraction of sp³-hybridized carbons (Fsp3) is 0.0667. The second-order valence-corrected chi connectivity index (χ2v) is 4.29. The molecule has 2 heterocycles. The SMILES string of the molecule is Cc1cnccc1C(=O)c1cc2cccc(F)c2o1. The van der Waals surface area contributed by atoms with Gasteiger partial charge in [0, 0.05) is 23.3 Å². The highest BCUT2D eigenvalue weighted by Gasteiger charge is 2.17. The van der Waals surface area contributed by atoms with E-state index in [2.05, 4.69) is 4.98 Å². The number of benzene rings is 1. The van der Waals surface area contributed by atoms with Crippen LogP contribution < -0.4 is 0 Å². The highest BCUT2D eigenvalue weighted by atomic mass is 19.1. The van der Waals surface area contributed by atoms with Crippen LogP contribution >= 0.6 is 0 Å². The highest BCUT2D eigenvalue weighted by molar-refractivity contribution is 6.09. The Hall–Kier alpha value is -2.49. The molecule has 0 spiro atoms. The largest absolute Gasteiger partial charge is 0.449 e. The van der Waals surface area contributed by atoms with Gasteiger partial charge in [0.1, 0.15) is 0 Å². The summed E-state index contributed by atoms with van der Waals surface area (Å²) in [6, 6.07) is 7.77. The van der Waals surface area contributed by atoms with E-state index in [1.165, 1.54) is 6.07 Å². The molecule has 0 radical (unpaired) electrons. The number of ketones is 1. The number of halogens is 1. The second-order valence-electron chi connectivity index (χ2n) is 4.29. The lowest BCUT2D eigenvalue weighted by atomic mass is 10.1. The summed E-state index contributed by atoms with van der Waals surface area (Å²) in [5.74, 6) is -0.604. The lowest BCUT2D eigenvalue weighted by Gasteiger charge is -2.00. The van der Waals surface area contributed by atoms with Gasteiger partial charge in [0.2, 0.25) is 5.78 Å². The predicted octanol–water partition coefficient (Wildman–Crippen LogP) is 3.51. The Bertz CT molecular complexity index is 777. The molecule has 0 amide bonds. The van der Waals surface area contributed by atoms with Gasteiger partial charge in [-0.05, 0) is 30.7 Å². The van der Waals surface area contributed by atoms with E-state index in [1.807, 2.05) is 0 Å². The van der Waals surface area contributed by atoms with Gasteiger partial charge in [-0.1, -0.05) is 12.1 Å². The zero-order valence-corrected chi connectivity index (χ0v) is 10.2. The van der Waals surface area contributed by atoms with Gasteiger partial charge in [-0.3, -0.25) is 9.78 Å². The van der Waals surface area contributed by atoms with E-state index in [-0.39, 0.29) is 17.1 Å². The third-order valence-electron chi connectivity index (χ3n) is 2.98. The van der Waals surface area contributed by atoms with Gasteiger partial charge in [-0.25, -0.2) is 4.39 Å². The Kier molecular flexibility index (Phi) is 2.63. The number of nitrogens with zero attached hydrogens (tertiary/aromatic N) is 1. The van der Waals surface area contributed by atoms with Crippen LogP contribution in [-0.4, -0.2) is 10.8 Å². The molecule has 3 aromatic rings. The van der Waals surface area contributed by atoms with Crippen molar-refractivity contribution in [2.75, 3.05) is 0 Å². The maximum Gasteiger partial charge on any atom is 0.228 e. The molecule has 0 unspecified atom stereocenters. The number of carbonyl (C=O) groups is 1. The van der Waals surface area contributed by atoms with Gasteiger partial charge in [0.15, 0.2) is 17.2 Å². The molecule has 19 heavy (non-hydrogen) atoms. The first kappa shape index (κ1) is 11.6. The number of para-hydroxylation sites is 1. The molecule has 0 saturated carbocycles. The summed E-state index contributed by atoms with van der Waals surface area (Å²) in [5, 5.41) is 0.579. The first-order valence-corrected chi connectivity index (χ1v) is 5.80. The number of aromatic nitrogens is 1. The van der Waals surface area contributed by atoms with E-state index in [9.17, 15) is 9.18 Å². The van der Waals surface area contributed by atoms with E-state index < -0.39 is 5.82 Å². The number of aryl methyl sites for hydroxylation is 1. The number of fused-ring (bicyclic) bond motifs is 1. The Morgan fingerprint density at radius 2 is 2.16 bits per heavy atom. The van der Waals surface area contributed by atoms with E-state index >= 15 is 0 Å². The average Bonchev–Trinajstić information content (AvgIpc) is 2.84. The first-order chi connectivity index (χ1) is 9.16. The minimum absolute atomic E-state index is 0.109. The number of pyridine rings is 1. The monoisotopic (exact) mass is 255 g/mol. The first-order valence-electron chi connectivity index (χ1n) is 5.80. The van der Waals surface area contributed by atoms with Crippen molar-refractivity contribution in [3.05, 3.63) is 65.4 Å². The molecule has 0 saturated heterocycles. The van der Waals surface area contributed by atoms with Crippen LogP contribution in [0.15, 0.2) is 47.1 Å². The quantitative estimate of drug-likeness (QED) is 0.658. The topological polar surface area (TPSA) is 43.1 Å². The molecule has 0 atom stereocenters. The summed E-state index contributed by atoms with van der Waals surface area (Å²) >= 11 is 0. The standard InChI is InChI=1S/C15H10FNO2/c1-9-8-17-6-5-11(9)14(18)13-7-10-3-2-4-12(16)15(10)19-13/h2-8H,1H3. The summed E-state index contributed by atoms with van der Waals surface area (Å²) < 4.78 is 18.9. The van der Waals surface area contributed by atoms with Crippen molar-refractivity contribution >= 4 is 16.8 Å². The molecule has 0 aliphatic heterocycles. The van der Waals surface area contributed by atoms with E-state index in [1.54, 1.807) is 43.6 Å². The lowest BCUT2D eigenvalue weighted by molar-refractivity contribution is 0.101. The average molecular weight is 255 g/mol. The van der Waals surface area contributed by atoms with Crippen molar-refractivity contribution in [1.82, 2.24) is 4.98 Å². The molecule has 3 rings (SSSR count). The normalized spacial score (nSPS) is 10.8. The van der Waals surface area contributed by atoms with Crippen molar-refractivity contribution in [1.29, 1.82) is 0 Å². The van der Waals surface area contributed by atoms with E-state index in [4.69, 9.17) is 4.42 Å². The molecule has 2 aromatic heterocycles. The summed E-state index contributed by atoms with van der Waals surface area (Å²) in [5.41, 5.74) is 1.38. The van der Waals surface area contributed by atoms with Crippen LogP contribution in [-0.2, 0) is 0 Å². The Balaban J connectivity index is 2.12. The fourth-order valence-electron chi connectivity index (χ4n) is 2.00. The predicted molar refractivity (Wildman–Crippen MR) is 68.6 cm³/mol. The molecular weight excluding hydrogens is 245 g/mol. The van der Waals surface area contributed by atoms with Gasteiger partial charge >= 0.3 is 0 Å². The lowest BCUT2D eigenvalue weighted by Crippen LogP contribution is -2.02. The molecule has 0 N–H and O–H groups in total. The van der Waals surface area contributed by atoms with Gasteiger partial charge in [0.05, 0.1) is 0 Å². The smallest absolute Gasteiger partial charge is 0.228 e. The minimum Gasteiger partial charge on any atom is -0.449 e. The number of carbonyl (C=O) groups excluding carboxylic acids is 1. The number of furan rings is 1. The number of hydrogen-bond acceptors (Lipinski definition) is 3.